The molecule has 51 heavy (non-hydrogen) atoms. The van der Waals surface area contributed by atoms with Crippen LogP contribution in [-0.4, -0.2) is 64.2 Å². The number of rotatable bonds is 4. The van der Waals surface area contributed by atoms with E-state index >= 15 is 0 Å². The standard InChI is InChI=1S/C24H12O8.2C7H6N2.H2S/c25-21(26)13-8-7-11-10-5-1-3-9-4-2-6-12(14(9)10)16-15(11)17(13)19(23(29)30)20(24(31)32)18(16)22(27)28;2*1-2-4-7-6(3-1)8-5-9-7;/h1-8H,(H,25,26)(H,27,28)(H,29,30)(H,31,32);2*1-5H,(H,8,9);1H2. The Morgan fingerprint density at radius 2 is 0.941 bits per heavy atom. The second-order valence-electron chi connectivity index (χ2n) is 11.2. The van der Waals surface area contributed by atoms with Gasteiger partial charge in [-0.2, -0.15) is 13.5 Å². The quantitative estimate of drug-likeness (QED) is 0.0777. The van der Waals surface area contributed by atoms with Crippen LogP contribution in [0.5, 0.6) is 0 Å². The lowest BCUT2D eigenvalue weighted by atomic mass is 9.81. The van der Waals surface area contributed by atoms with Gasteiger partial charge >= 0.3 is 23.9 Å². The van der Waals surface area contributed by atoms with Crippen molar-refractivity contribution in [3.63, 3.8) is 0 Å². The number of carbonyl (C=O) groups is 4. The summed E-state index contributed by atoms with van der Waals surface area (Å²) in [7, 11) is 0. The maximum absolute atomic E-state index is 12.3. The van der Waals surface area contributed by atoms with E-state index in [1.54, 1.807) is 36.9 Å². The average molecular weight is 699 g/mol. The van der Waals surface area contributed by atoms with Gasteiger partial charge in [-0.3, -0.25) is 0 Å². The lowest BCUT2D eigenvalue weighted by Gasteiger charge is -2.20. The van der Waals surface area contributed by atoms with Gasteiger partial charge in [0, 0.05) is 16.2 Å². The van der Waals surface area contributed by atoms with Crippen LogP contribution < -0.4 is 0 Å². The Kier molecular flexibility index (Phi) is 8.97. The first-order valence-corrected chi connectivity index (χ1v) is 15.1. The van der Waals surface area contributed by atoms with Crippen LogP contribution in [0, 0.1) is 0 Å². The molecule has 0 fully saturated rings. The molecule has 252 valence electrons. The second kappa shape index (κ2) is 13.5. The molecule has 6 N–H and O–H groups in total. The minimum absolute atomic E-state index is 0. The van der Waals surface area contributed by atoms with Crippen molar-refractivity contribution in [1.29, 1.82) is 0 Å². The predicted octanol–water partition coefficient (Wildman–Crippen LogP) is 7.77. The number of aromatic nitrogens is 4. The van der Waals surface area contributed by atoms with Gasteiger partial charge in [0.25, 0.3) is 0 Å². The summed E-state index contributed by atoms with van der Waals surface area (Å²) < 4.78 is 0. The van der Waals surface area contributed by atoms with Gasteiger partial charge in [0.1, 0.15) is 0 Å². The topological polar surface area (TPSA) is 207 Å². The van der Waals surface area contributed by atoms with Gasteiger partial charge in [-0.25, -0.2) is 29.1 Å². The Morgan fingerprint density at radius 3 is 1.45 bits per heavy atom. The maximum atomic E-state index is 12.3. The predicted molar refractivity (Wildman–Crippen MR) is 198 cm³/mol. The molecular formula is C38H26N4O8S. The molecule has 0 saturated heterocycles. The molecule has 0 bridgehead atoms. The van der Waals surface area contributed by atoms with Crippen molar-refractivity contribution >= 4 is 103 Å². The van der Waals surface area contributed by atoms with E-state index in [2.05, 4.69) is 19.9 Å². The highest BCUT2D eigenvalue weighted by Gasteiger charge is 2.33. The highest BCUT2D eigenvalue weighted by atomic mass is 32.1. The molecule has 13 heteroatoms. The third-order valence-corrected chi connectivity index (χ3v) is 8.45. The van der Waals surface area contributed by atoms with E-state index in [4.69, 9.17) is 0 Å². The molecule has 0 amide bonds. The molecule has 0 atom stereocenters. The van der Waals surface area contributed by atoms with Crippen LogP contribution >= 0.6 is 13.5 Å². The Hall–Kier alpha value is -6.99. The lowest BCUT2D eigenvalue weighted by Crippen LogP contribution is -2.18. The number of carboxylic acids is 4. The van der Waals surface area contributed by atoms with Crippen molar-refractivity contribution in [3.05, 3.63) is 132 Å². The first-order valence-electron chi connectivity index (χ1n) is 15.1. The van der Waals surface area contributed by atoms with Gasteiger partial charge in [0.15, 0.2) is 0 Å². The highest BCUT2D eigenvalue weighted by molar-refractivity contribution is 7.59. The number of benzene rings is 7. The minimum Gasteiger partial charge on any atom is -0.478 e. The van der Waals surface area contributed by atoms with Crippen LogP contribution in [0.3, 0.4) is 0 Å². The molecule has 0 aliphatic heterocycles. The molecule has 0 saturated carbocycles. The lowest BCUT2D eigenvalue weighted by molar-refractivity contribution is 0.0635. The Labute approximate surface area is 293 Å². The number of H-pyrrole nitrogens is 2. The molecule has 9 aromatic rings. The van der Waals surface area contributed by atoms with E-state index in [1.807, 2.05) is 60.7 Å². The smallest absolute Gasteiger partial charge is 0.337 e. The summed E-state index contributed by atoms with van der Waals surface area (Å²) >= 11 is 0. The number of hydrogen-bond acceptors (Lipinski definition) is 6. The number of nitrogens with zero attached hydrogens (tertiary/aromatic N) is 2. The highest BCUT2D eigenvalue weighted by Crippen LogP contribution is 2.45. The van der Waals surface area contributed by atoms with Crippen LogP contribution in [-0.2, 0) is 0 Å². The van der Waals surface area contributed by atoms with E-state index in [0.717, 1.165) is 27.5 Å². The van der Waals surface area contributed by atoms with Gasteiger partial charge in [-0.15, -0.1) is 0 Å². The third-order valence-electron chi connectivity index (χ3n) is 8.45. The number of hydrogen-bond donors (Lipinski definition) is 6. The van der Waals surface area contributed by atoms with Crippen LogP contribution in [0.4, 0.5) is 0 Å². The van der Waals surface area contributed by atoms with Gasteiger partial charge in [0.2, 0.25) is 0 Å². The van der Waals surface area contributed by atoms with Crippen LogP contribution in [0.25, 0.3) is 65.2 Å². The zero-order chi connectivity index (χ0) is 35.1. The summed E-state index contributed by atoms with van der Waals surface area (Å²) in [6, 6.07) is 29.1. The summed E-state index contributed by atoms with van der Waals surface area (Å²) in [5, 5.41) is 42.3. The van der Waals surface area contributed by atoms with Gasteiger partial charge < -0.3 is 30.4 Å². The number of para-hydroxylation sites is 4. The van der Waals surface area contributed by atoms with Crippen molar-refractivity contribution in [2.24, 2.45) is 0 Å². The normalized spacial score (nSPS) is 10.8. The molecule has 0 unspecified atom stereocenters. The molecule has 12 nitrogen and oxygen atoms in total. The largest absolute Gasteiger partial charge is 0.478 e. The summed E-state index contributed by atoms with van der Waals surface area (Å²) in [6.07, 6.45) is 3.40. The first kappa shape index (κ1) is 33.9. The molecule has 9 rings (SSSR count). The fourth-order valence-electron chi connectivity index (χ4n) is 6.47. The summed E-state index contributed by atoms with van der Waals surface area (Å²) in [5.41, 5.74) is 1.31. The Balaban J connectivity index is 0.000000190. The molecular weight excluding hydrogens is 673 g/mol. The number of carboxylic acid groups (broad SMARTS) is 4. The van der Waals surface area contributed by atoms with Crippen molar-refractivity contribution < 1.29 is 39.6 Å². The SMILES string of the molecule is O=C(O)c1c(C(=O)O)c2c(C(=O)O)ccc3c4cccc5cccc(c(c1C(=O)O)c23)c54.S.c1ccc2[nH]cnc2c1.c1ccc2[nH]cnc2c1. The average Bonchev–Trinajstić information content (AvgIpc) is 3.80. The van der Waals surface area contributed by atoms with Crippen molar-refractivity contribution in [3.8, 4) is 0 Å². The fraction of sp³-hybridized carbons (Fsp3) is 0. The van der Waals surface area contributed by atoms with Gasteiger partial charge in [-0.05, 0) is 57.3 Å². The molecule has 7 aromatic carbocycles. The molecule has 0 spiro atoms. The van der Waals surface area contributed by atoms with Crippen molar-refractivity contribution in [2.75, 3.05) is 0 Å². The summed E-state index contributed by atoms with van der Waals surface area (Å²) in [5.74, 6) is -6.58. The third kappa shape index (κ3) is 5.77. The minimum atomic E-state index is -1.77. The van der Waals surface area contributed by atoms with Crippen molar-refractivity contribution in [2.45, 2.75) is 0 Å². The second-order valence-corrected chi connectivity index (χ2v) is 11.2. The van der Waals surface area contributed by atoms with E-state index in [-0.39, 0.29) is 29.7 Å². The molecule has 2 aromatic heterocycles. The molecule has 0 aliphatic rings. The zero-order valence-electron chi connectivity index (χ0n) is 26.2. The first-order chi connectivity index (χ1) is 24.2. The number of aromatic amines is 2. The zero-order valence-corrected chi connectivity index (χ0v) is 27.2. The van der Waals surface area contributed by atoms with Gasteiger partial charge in [0.05, 0.1) is 57.0 Å². The molecule has 2 heterocycles. The number of fused-ring (bicyclic) bond motifs is 4. The van der Waals surface area contributed by atoms with E-state index in [9.17, 15) is 39.6 Å². The number of imidazole rings is 2. The summed E-state index contributed by atoms with van der Waals surface area (Å²) in [4.78, 5) is 62.8. The summed E-state index contributed by atoms with van der Waals surface area (Å²) in [6.45, 7) is 0. The van der Waals surface area contributed by atoms with E-state index in [1.165, 1.54) is 12.1 Å². The van der Waals surface area contributed by atoms with Gasteiger partial charge in [-0.1, -0.05) is 66.7 Å². The van der Waals surface area contributed by atoms with Crippen LogP contribution in [0.2, 0.25) is 0 Å². The van der Waals surface area contributed by atoms with Crippen molar-refractivity contribution in [1.82, 2.24) is 19.9 Å². The fourth-order valence-corrected chi connectivity index (χ4v) is 6.47. The van der Waals surface area contributed by atoms with Crippen LogP contribution in [0.1, 0.15) is 41.4 Å². The van der Waals surface area contributed by atoms with Crippen LogP contribution in [0.15, 0.2) is 110 Å². The maximum Gasteiger partial charge on any atom is 0.337 e. The van der Waals surface area contributed by atoms with E-state index < -0.39 is 46.1 Å². The number of aromatic carboxylic acids is 4. The monoisotopic (exact) mass is 698 g/mol. The Bertz CT molecular complexity index is 2680. The van der Waals surface area contributed by atoms with E-state index in [0.29, 0.717) is 21.5 Å². The molecule has 0 radical (unpaired) electrons. The number of nitrogens with one attached hydrogen (secondary N) is 2. The Morgan fingerprint density at radius 1 is 0.451 bits per heavy atom. The molecule has 0 aliphatic carbocycles.